The highest BCUT2D eigenvalue weighted by molar-refractivity contribution is 14.1. The molecular weight excluding hydrogens is 327 g/mol. The summed E-state index contributed by atoms with van der Waals surface area (Å²) in [6, 6.07) is 5.79. The predicted octanol–water partition coefficient (Wildman–Crippen LogP) is 1.65. The van der Waals surface area contributed by atoms with Crippen molar-refractivity contribution in [3.63, 3.8) is 0 Å². The van der Waals surface area contributed by atoms with Gasteiger partial charge >= 0.3 is 11.9 Å². The van der Waals surface area contributed by atoms with Crippen LogP contribution in [-0.4, -0.2) is 27.3 Å². The molecule has 0 aromatic heterocycles. The molecule has 1 aromatic carbocycles. The third kappa shape index (κ3) is 2.84. The molecule has 1 aromatic rings. The molecule has 0 bridgehead atoms. The lowest BCUT2D eigenvalue weighted by atomic mass is 9.99. The molecule has 1 unspecified atom stereocenters. The maximum atomic E-state index is 10.8. The molecule has 0 fully saturated rings. The number of carboxylic acids is 2. The molecule has 0 radical (unpaired) electrons. The largest absolute Gasteiger partial charge is 0.508 e. The summed E-state index contributed by atoms with van der Waals surface area (Å²) < 4.78 is -0.687. The summed E-state index contributed by atoms with van der Waals surface area (Å²) >= 11 is 1.77. The van der Waals surface area contributed by atoms with Crippen LogP contribution in [0.15, 0.2) is 24.3 Å². The Kier molecular flexibility index (Phi) is 4.11. The minimum atomic E-state index is -1.50. The van der Waals surface area contributed by atoms with Crippen LogP contribution in [0.25, 0.3) is 0 Å². The lowest BCUT2D eigenvalue weighted by Crippen LogP contribution is -2.27. The molecule has 0 amide bonds. The summed E-state index contributed by atoms with van der Waals surface area (Å²) in [6.07, 6.45) is 0. The number of rotatable bonds is 4. The number of benzene rings is 1. The Morgan fingerprint density at radius 3 is 1.88 bits per heavy atom. The second-order valence-corrected chi connectivity index (χ2v) is 4.49. The van der Waals surface area contributed by atoms with Crippen molar-refractivity contribution >= 4 is 34.5 Å². The van der Waals surface area contributed by atoms with Gasteiger partial charge in [-0.3, -0.25) is 9.59 Å². The highest BCUT2D eigenvalue weighted by atomic mass is 127. The monoisotopic (exact) mass is 336 g/mol. The number of phenolic OH excluding ortho intramolecular Hbond substituents is 1. The fourth-order valence-corrected chi connectivity index (χ4v) is 2.24. The van der Waals surface area contributed by atoms with Crippen molar-refractivity contribution in [2.24, 2.45) is 5.92 Å². The van der Waals surface area contributed by atoms with Crippen LogP contribution >= 0.6 is 22.6 Å². The Labute approximate surface area is 105 Å². The van der Waals surface area contributed by atoms with Gasteiger partial charge in [-0.05, 0) is 17.7 Å². The zero-order chi connectivity index (χ0) is 12.3. The molecule has 6 heteroatoms. The van der Waals surface area contributed by atoms with Crippen LogP contribution in [-0.2, 0) is 9.59 Å². The first-order chi connectivity index (χ1) is 7.43. The van der Waals surface area contributed by atoms with E-state index in [1.54, 1.807) is 22.6 Å². The van der Waals surface area contributed by atoms with Gasteiger partial charge in [-0.15, -0.1) is 0 Å². The van der Waals surface area contributed by atoms with Crippen LogP contribution in [0.2, 0.25) is 0 Å². The number of aromatic hydroxyl groups is 1. The summed E-state index contributed by atoms with van der Waals surface area (Å²) in [6.45, 7) is 0. The number of aliphatic carboxylic acids is 2. The molecule has 1 rings (SSSR count). The highest BCUT2D eigenvalue weighted by Crippen LogP contribution is 2.32. The van der Waals surface area contributed by atoms with Crippen molar-refractivity contribution < 1.29 is 24.9 Å². The molecule has 5 nitrogen and oxygen atoms in total. The quantitative estimate of drug-likeness (QED) is 0.442. The first-order valence-corrected chi connectivity index (χ1v) is 5.56. The molecule has 3 N–H and O–H groups in total. The standard InChI is InChI=1S/C10H9IO5/c11-8(7(9(13)14)10(15)16)5-1-3-6(12)4-2-5/h1-4,7-8,12H,(H,13,14)(H,15,16). The smallest absolute Gasteiger partial charge is 0.319 e. The van der Waals surface area contributed by atoms with Crippen molar-refractivity contribution in [1.29, 1.82) is 0 Å². The van der Waals surface area contributed by atoms with Crippen molar-refractivity contribution in [3.8, 4) is 5.75 Å². The molecule has 16 heavy (non-hydrogen) atoms. The van der Waals surface area contributed by atoms with Gasteiger partial charge < -0.3 is 15.3 Å². The number of alkyl halides is 1. The van der Waals surface area contributed by atoms with Crippen molar-refractivity contribution in [3.05, 3.63) is 29.8 Å². The highest BCUT2D eigenvalue weighted by Gasteiger charge is 2.34. The van der Waals surface area contributed by atoms with E-state index < -0.39 is 21.8 Å². The van der Waals surface area contributed by atoms with Gasteiger partial charge in [-0.1, -0.05) is 34.7 Å². The topological polar surface area (TPSA) is 94.8 Å². The Balaban J connectivity index is 2.99. The van der Waals surface area contributed by atoms with E-state index in [9.17, 15) is 9.59 Å². The molecule has 0 saturated carbocycles. The van der Waals surface area contributed by atoms with Gasteiger partial charge in [0.2, 0.25) is 0 Å². The molecule has 0 spiro atoms. The van der Waals surface area contributed by atoms with E-state index in [0.29, 0.717) is 5.56 Å². The maximum absolute atomic E-state index is 10.8. The van der Waals surface area contributed by atoms with Crippen molar-refractivity contribution in [2.45, 2.75) is 3.92 Å². The first kappa shape index (κ1) is 12.8. The van der Waals surface area contributed by atoms with Crippen molar-refractivity contribution in [1.82, 2.24) is 0 Å². The molecule has 0 saturated heterocycles. The van der Waals surface area contributed by atoms with E-state index in [-0.39, 0.29) is 5.75 Å². The van der Waals surface area contributed by atoms with Crippen LogP contribution < -0.4 is 0 Å². The van der Waals surface area contributed by atoms with Crippen LogP contribution in [0.5, 0.6) is 5.75 Å². The molecule has 86 valence electrons. The zero-order valence-electron chi connectivity index (χ0n) is 8.00. The van der Waals surface area contributed by atoms with E-state index in [2.05, 4.69) is 0 Å². The van der Waals surface area contributed by atoms with E-state index >= 15 is 0 Å². The Morgan fingerprint density at radius 2 is 1.50 bits per heavy atom. The Morgan fingerprint density at radius 1 is 1.06 bits per heavy atom. The van der Waals surface area contributed by atoms with Gasteiger partial charge in [0.05, 0.1) is 3.92 Å². The van der Waals surface area contributed by atoms with E-state index in [1.165, 1.54) is 24.3 Å². The molecule has 0 aliphatic carbocycles. The normalized spacial score (nSPS) is 12.4. The van der Waals surface area contributed by atoms with Crippen LogP contribution in [0.4, 0.5) is 0 Å². The van der Waals surface area contributed by atoms with Gasteiger partial charge in [0.1, 0.15) is 5.75 Å². The summed E-state index contributed by atoms with van der Waals surface area (Å²) in [5.74, 6) is -4.19. The Bertz CT molecular complexity index is 386. The molecule has 0 heterocycles. The summed E-state index contributed by atoms with van der Waals surface area (Å²) in [7, 11) is 0. The predicted molar refractivity (Wildman–Crippen MR) is 63.6 cm³/mol. The van der Waals surface area contributed by atoms with Gasteiger partial charge in [-0.25, -0.2) is 0 Å². The van der Waals surface area contributed by atoms with Gasteiger partial charge in [0.15, 0.2) is 5.92 Å². The van der Waals surface area contributed by atoms with E-state index in [0.717, 1.165) is 0 Å². The number of hydrogen-bond acceptors (Lipinski definition) is 3. The number of halogens is 1. The molecule has 0 aliphatic rings. The van der Waals surface area contributed by atoms with Crippen molar-refractivity contribution in [2.75, 3.05) is 0 Å². The fourth-order valence-electron chi connectivity index (χ4n) is 1.21. The van der Waals surface area contributed by atoms with Gasteiger partial charge in [0.25, 0.3) is 0 Å². The minimum absolute atomic E-state index is 0.0505. The third-order valence-electron chi connectivity index (χ3n) is 2.04. The maximum Gasteiger partial charge on any atom is 0.319 e. The average molecular weight is 336 g/mol. The second kappa shape index (κ2) is 5.15. The molecule has 0 aliphatic heterocycles. The first-order valence-electron chi connectivity index (χ1n) is 4.32. The molecular formula is C10H9IO5. The number of carbonyl (C=O) groups is 2. The van der Waals surface area contributed by atoms with E-state index in [4.69, 9.17) is 15.3 Å². The van der Waals surface area contributed by atoms with Crippen LogP contribution in [0.3, 0.4) is 0 Å². The van der Waals surface area contributed by atoms with Gasteiger partial charge in [0, 0.05) is 0 Å². The van der Waals surface area contributed by atoms with Gasteiger partial charge in [-0.2, -0.15) is 0 Å². The number of carboxylic acid groups (broad SMARTS) is 2. The second-order valence-electron chi connectivity index (χ2n) is 3.15. The fraction of sp³-hybridized carbons (Fsp3) is 0.200. The van der Waals surface area contributed by atoms with E-state index in [1.807, 2.05) is 0 Å². The summed E-state index contributed by atoms with van der Waals surface area (Å²) in [5, 5.41) is 26.7. The minimum Gasteiger partial charge on any atom is -0.508 e. The lowest BCUT2D eigenvalue weighted by Gasteiger charge is -2.14. The van der Waals surface area contributed by atoms with Crippen LogP contribution in [0, 0.1) is 5.92 Å². The summed E-state index contributed by atoms with van der Waals surface area (Å²) in [4.78, 5) is 21.6. The zero-order valence-corrected chi connectivity index (χ0v) is 10.2. The average Bonchev–Trinajstić information content (AvgIpc) is 2.17. The van der Waals surface area contributed by atoms with Crippen LogP contribution in [0.1, 0.15) is 9.49 Å². The molecule has 1 atom stereocenters. The lowest BCUT2D eigenvalue weighted by molar-refractivity contribution is -0.154. The summed E-state index contributed by atoms with van der Waals surface area (Å²) in [5.41, 5.74) is 0.549. The number of hydrogen-bond donors (Lipinski definition) is 3. The SMILES string of the molecule is O=C(O)C(C(=O)O)C(I)c1ccc(O)cc1. The Hall–Kier alpha value is -1.31. The number of phenols is 1. The third-order valence-corrected chi connectivity index (χ3v) is 3.47.